The lowest BCUT2D eigenvalue weighted by atomic mass is 10.1. The molecule has 94 valence electrons. The van der Waals surface area contributed by atoms with E-state index in [-0.39, 0.29) is 5.84 Å². The highest BCUT2D eigenvalue weighted by Crippen LogP contribution is 2.26. The highest BCUT2D eigenvalue weighted by atomic mass is 35.5. The van der Waals surface area contributed by atoms with E-state index >= 15 is 0 Å². The highest BCUT2D eigenvalue weighted by molar-refractivity contribution is 6.31. The Morgan fingerprint density at radius 3 is 2.47 bits per heavy atom. The normalized spacial score (nSPS) is 10.6. The summed E-state index contributed by atoms with van der Waals surface area (Å²) in [4.78, 5) is 2.16. The Balaban J connectivity index is 3.18. The van der Waals surface area contributed by atoms with Gasteiger partial charge in [0.25, 0.3) is 0 Å². The minimum absolute atomic E-state index is 0.0782. The maximum atomic E-state index is 7.60. The van der Waals surface area contributed by atoms with Gasteiger partial charge >= 0.3 is 0 Å². The van der Waals surface area contributed by atoms with Crippen LogP contribution in [0.15, 0.2) is 18.2 Å². The minimum Gasteiger partial charge on any atom is -0.384 e. The molecule has 0 fully saturated rings. The van der Waals surface area contributed by atoms with Gasteiger partial charge in [-0.05, 0) is 31.0 Å². The fourth-order valence-corrected chi connectivity index (χ4v) is 2.22. The van der Waals surface area contributed by atoms with Crippen LogP contribution in [0.1, 0.15) is 32.3 Å². The number of nitrogen functional groups attached to an aromatic ring is 1. The topological polar surface area (TPSA) is 53.1 Å². The molecule has 3 N–H and O–H groups in total. The van der Waals surface area contributed by atoms with Crippen LogP contribution in [0.4, 0.5) is 5.69 Å². The number of nitrogens with zero attached hydrogens (tertiary/aromatic N) is 1. The molecule has 1 aromatic rings. The van der Waals surface area contributed by atoms with Gasteiger partial charge in [-0.2, -0.15) is 0 Å². The first-order valence-corrected chi connectivity index (χ1v) is 6.25. The van der Waals surface area contributed by atoms with Crippen LogP contribution in [0.5, 0.6) is 0 Å². The van der Waals surface area contributed by atoms with Crippen LogP contribution in [0.2, 0.25) is 5.02 Å². The molecule has 0 unspecified atom stereocenters. The summed E-state index contributed by atoms with van der Waals surface area (Å²) < 4.78 is 0. The Bertz CT molecular complexity index is 400. The predicted molar refractivity (Wildman–Crippen MR) is 75.2 cm³/mol. The van der Waals surface area contributed by atoms with E-state index in [9.17, 15) is 0 Å². The van der Waals surface area contributed by atoms with Gasteiger partial charge in [0.2, 0.25) is 0 Å². The maximum Gasteiger partial charge on any atom is 0.124 e. The van der Waals surface area contributed by atoms with Gasteiger partial charge in [-0.1, -0.05) is 25.4 Å². The van der Waals surface area contributed by atoms with Crippen LogP contribution in [0, 0.1) is 5.41 Å². The van der Waals surface area contributed by atoms with Crippen molar-refractivity contribution < 1.29 is 0 Å². The van der Waals surface area contributed by atoms with E-state index in [1.807, 2.05) is 13.1 Å². The van der Waals surface area contributed by atoms with Crippen LogP contribution < -0.4 is 10.6 Å². The first-order valence-electron chi connectivity index (χ1n) is 5.88. The van der Waals surface area contributed by atoms with Gasteiger partial charge in [-0.25, -0.2) is 0 Å². The molecule has 0 saturated heterocycles. The van der Waals surface area contributed by atoms with Crippen molar-refractivity contribution in [2.75, 3.05) is 11.9 Å². The average molecular weight is 254 g/mol. The van der Waals surface area contributed by atoms with Gasteiger partial charge in [0, 0.05) is 29.4 Å². The molecule has 0 aliphatic carbocycles. The van der Waals surface area contributed by atoms with Crippen molar-refractivity contribution in [3.05, 3.63) is 28.8 Å². The fraction of sp³-hybridized carbons (Fsp3) is 0.462. The molecule has 0 bridgehead atoms. The van der Waals surface area contributed by atoms with E-state index < -0.39 is 0 Å². The van der Waals surface area contributed by atoms with Gasteiger partial charge in [0.1, 0.15) is 5.84 Å². The molecule has 1 rings (SSSR count). The van der Waals surface area contributed by atoms with Crippen molar-refractivity contribution in [1.82, 2.24) is 0 Å². The fourth-order valence-electron chi connectivity index (χ4n) is 2.06. The molecule has 0 heterocycles. The van der Waals surface area contributed by atoms with E-state index in [1.165, 1.54) is 0 Å². The van der Waals surface area contributed by atoms with E-state index in [0.717, 1.165) is 24.1 Å². The number of amidine groups is 1. The summed E-state index contributed by atoms with van der Waals surface area (Å²) in [7, 11) is 2.02. The van der Waals surface area contributed by atoms with Gasteiger partial charge in [-0.15, -0.1) is 0 Å². The maximum absolute atomic E-state index is 7.60. The van der Waals surface area contributed by atoms with Crippen molar-refractivity contribution in [2.45, 2.75) is 32.7 Å². The van der Waals surface area contributed by atoms with E-state index in [4.69, 9.17) is 22.7 Å². The van der Waals surface area contributed by atoms with Crippen molar-refractivity contribution in [1.29, 1.82) is 5.41 Å². The Kier molecular flexibility index (Phi) is 4.82. The van der Waals surface area contributed by atoms with Crippen molar-refractivity contribution >= 4 is 23.1 Å². The first-order chi connectivity index (χ1) is 8.01. The zero-order chi connectivity index (χ0) is 13.0. The van der Waals surface area contributed by atoms with Gasteiger partial charge < -0.3 is 10.6 Å². The summed E-state index contributed by atoms with van der Waals surface area (Å²) in [5, 5.41) is 8.27. The summed E-state index contributed by atoms with van der Waals surface area (Å²) in [5.74, 6) is 0.0782. The standard InChI is InChI=1S/C13H20ClN3/c1-4-10(5-2)17(3)12-8-9(14)6-7-11(12)13(15)16/h6-8,10H,4-5H2,1-3H3,(H3,15,16). The number of anilines is 1. The number of halogens is 1. The van der Waals surface area contributed by atoms with Gasteiger partial charge in [-0.3, -0.25) is 5.41 Å². The third-order valence-electron chi connectivity index (χ3n) is 3.12. The molecule has 0 aliphatic heterocycles. The second kappa shape index (κ2) is 5.92. The third kappa shape index (κ3) is 3.13. The van der Waals surface area contributed by atoms with Crippen LogP contribution in [-0.4, -0.2) is 18.9 Å². The monoisotopic (exact) mass is 253 g/mol. The van der Waals surface area contributed by atoms with Crippen LogP contribution in [0.3, 0.4) is 0 Å². The predicted octanol–water partition coefficient (Wildman–Crippen LogP) is 3.25. The first kappa shape index (κ1) is 13.8. The Morgan fingerprint density at radius 2 is 2.00 bits per heavy atom. The van der Waals surface area contributed by atoms with Gasteiger partial charge in [0.05, 0.1) is 0 Å². The summed E-state index contributed by atoms with van der Waals surface area (Å²) >= 11 is 6.02. The highest BCUT2D eigenvalue weighted by Gasteiger charge is 2.16. The second-order valence-electron chi connectivity index (χ2n) is 4.16. The lowest BCUT2D eigenvalue weighted by Gasteiger charge is -2.30. The molecule has 0 aliphatic rings. The van der Waals surface area contributed by atoms with E-state index in [1.54, 1.807) is 12.1 Å². The van der Waals surface area contributed by atoms with Crippen LogP contribution >= 0.6 is 11.6 Å². The average Bonchev–Trinajstić information content (AvgIpc) is 2.29. The molecular weight excluding hydrogens is 234 g/mol. The van der Waals surface area contributed by atoms with Gasteiger partial charge in [0.15, 0.2) is 0 Å². The number of nitrogens with one attached hydrogen (secondary N) is 1. The molecule has 4 heteroatoms. The molecule has 0 atom stereocenters. The number of hydrogen-bond donors (Lipinski definition) is 2. The third-order valence-corrected chi connectivity index (χ3v) is 3.36. The minimum atomic E-state index is 0.0782. The van der Waals surface area contributed by atoms with E-state index in [2.05, 4.69) is 18.7 Å². The number of hydrogen-bond acceptors (Lipinski definition) is 2. The number of benzene rings is 1. The van der Waals surface area contributed by atoms with Crippen molar-refractivity contribution in [2.24, 2.45) is 5.73 Å². The molecule has 0 spiro atoms. The lowest BCUT2D eigenvalue weighted by Crippen LogP contribution is -2.32. The van der Waals surface area contributed by atoms with E-state index in [0.29, 0.717) is 11.1 Å². The second-order valence-corrected chi connectivity index (χ2v) is 4.59. The molecule has 0 amide bonds. The largest absolute Gasteiger partial charge is 0.384 e. The van der Waals surface area contributed by atoms with Crippen molar-refractivity contribution in [3.8, 4) is 0 Å². The summed E-state index contributed by atoms with van der Waals surface area (Å²) in [6.07, 6.45) is 2.10. The summed E-state index contributed by atoms with van der Waals surface area (Å²) in [5.41, 5.74) is 7.27. The molecule has 3 nitrogen and oxygen atoms in total. The summed E-state index contributed by atoms with van der Waals surface area (Å²) in [6.45, 7) is 4.31. The smallest absolute Gasteiger partial charge is 0.124 e. The Labute approximate surface area is 108 Å². The quantitative estimate of drug-likeness (QED) is 0.625. The zero-order valence-electron chi connectivity index (χ0n) is 10.6. The molecule has 0 aromatic heterocycles. The zero-order valence-corrected chi connectivity index (χ0v) is 11.4. The Morgan fingerprint density at radius 1 is 1.41 bits per heavy atom. The molecule has 17 heavy (non-hydrogen) atoms. The molecule has 0 saturated carbocycles. The number of rotatable bonds is 5. The lowest BCUT2D eigenvalue weighted by molar-refractivity contribution is 0.591. The van der Waals surface area contributed by atoms with Crippen LogP contribution in [0.25, 0.3) is 0 Å². The summed E-state index contributed by atoms with van der Waals surface area (Å²) in [6, 6.07) is 5.88. The Hall–Kier alpha value is -1.22. The molecular formula is C13H20ClN3. The van der Waals surface area contributed by atoms with Crippen LogP contribution in [-0.2, 0) is 0 Å². The SMILES string of the molecule is CCC(CC)N(C)c1cc(Cl)ccc1C(=N)N. The molecule has 0 radical (unpaired) electrons. The van der Waals surface area contributed by atoms with Crippen molar-refractivity contribution in [3.63, 3.8) is 0 Å². The molecule has 1 aromatic carbocycles. The number of nitrogens with two attached hydrogens (primary N) is 1.